The van der Waals surface area contributed by atoms with Gasteiger partial charge >= 0.3 is 0 Å². The third-order valence-corrected chi connectivity index (χ3v) is 5.92. The van der Waals surface area contributed by atoms with E-state index >= 15 is 0 Å². The highest BCUT2D eigenvalue weighted by atomic mass is 32.2. The number of nitrogens with zero attached hydrogens (tertiary/aromatic N) is 1. The average molecular weight is 458 g/mol. The van der Waals surface area contributed by atoms with Crippen LogP contribution >= 0.6 is 0 Å². The van der Waals surface area contributed by atoms with Crippen molar-refractivity contribution in [2.45, 2.75) is 31.1 Å². The molecule has 0 aliphatic carbocycles. The zero-order valence-electron chi connectivity index (χ0n) is 17.5. The van der Waals surface area contributed by atoms with Crippen LogP contribution in [-0.2, 0) is 10.0 Å². The summed E-state index contributed by atoms with van der Waals surface area (Å²) in [7, 11) is -3.86. The van der Waals surface area contributed by atoms with Crippen LogP contribution in [0, 0.1) is 5.82 Å². The van der Waals surface area contributed by atoms with Gasteiger partial charge in [0.15, 0.2) is 0 Å². The number of rotatable bonds is 10. The van der Waals surface area contributed by atoms with Gasteiger partial charge in [0.25, 0.3) is 15.9 Å². The second kappa shape index (κ2) is 10.7. The van der Waals surface area contributed by atoms with Gasteiger partial charge in [-0.3, -0.25) is 9.52 Å². The van der Waals surface area contributed by atoms with Crippen molar-refractivity contribution in [2.24, 2.45) is 0 Å². The van der Waals surface area contributed by atoms with E-state index in [1.54, 1.807) is 24.3 Å². The first-order chi connectivity index (χ1) is 15.4. The number of unbranched alkanes of at least 4 members (excludes halogenated alkanes) is 2. The van der Waals surface area contributed by atoms with Crippen LogP contribution in [0.15, 0.2) is 71.8 Å². The first kappa shape index (κ1) is 23.2. The van der Waals surface area contributed by atoms with Gasteiger partial charge in [0.05, 0.1) is 4.90 Å². The minimum absolute atomic E-state index is 0.0534. The molecule has 0 saturated heterocycles. The third kappa shape index (κ3) is 6.27. The summed E-state index contributed by atoms with van der Waals surface area (Å²) in [5.74, 6) is -0.254. The number of amides is 1. The molecule has 0 radical (unpaired) electrons. The average Bonchev–Trinajstić information content (AvgIpc) is 2.78. The van der Waals surface area contributed by atoms with E-state index < -0.39 is 15.8 Å². The Hall–Kier alpha value is -3.46. The Kier molecular flexibility index (Phi) is 7.77. The van der Waals surface area contributed by atoms with Crippen LogP contribution in [0.25, 0.3) is 0 Å². The second-order valence-corrected chi connectivity index (χ2v) is 8.69. The maximum atomic E-state index is 13.0. The number of halogens is 1. The van der Waals surface area contributed by atoms with Crippen molar-refractivity contribution in [3.05, 3.63) is 78.2 Å². The van der Waals surface area contributed by atoms with Gasteiger partial charge in [0.1, 0.15) is 17.1 Å². The van der Waals surface area contributed by atoms with Crippen molar-refractivity contribution in [3.63, 3.8) is 0 Å². The van der Waals surface area contributed by atoms with Crippen LogP contribution in [0.4, 0.5) is 10.1 Å². The SMILES string of the molecule is CCCCCNC(=O)c1cccnc1Oc1ccc(NS(=O)(=O)c2ccc(F)cc2)cc1. The Bertz CT molecular complexity index is 1150. The zero-order chi connectivity index (χ0) is 23.0. The molecule has 1 heterocycles. The molecule has 0 atom stereocenters. The van der Waals surface area contributed by atoms with Crippen molar-refractivity contribution in [3.8, 4) is 11.6 Å². The number of anilines is 1. The van der Waals surface area contributed by atoms with Crippen molar-refractivity contribution in [1.29, 1.82) is 0 Å². The maximum absolute atomic E-state index is 13.0. The van der Waals surface area contributed by atoms with Gasteiger partial charge in [0.2, 0.25) is 5.88 Å². The van der Waals surface area contributed by atoms with E-state index in [-0.39, 0.29) is 16.7 Å². The van der Waals surface area contributed by atoms with Gasteiger partial charge in [0, 0.05) is 18.4 Å². The molecule has 3 aromatic rings. The lowest BCUT2D eigenvalue weighted by molar-refractivity contribution is 0.0950. The Morgan fingerprint density at radius 1 is 1.03 bits per heavy atom. The minimum Gasteiger partial charge on any atom is -0.438 e. The molecule has 9 heteroatoms. The summed E-state index contributed by atoms with van der Waals surface area (Å²) in [5.41, 5.74) is 0.613. The van der Waals surface area contributed by atoms with E-state index in [4.69, 9.17) is 4.74 Å². The van der Waals surface area contributed by atoms with Crippen LogP contribution < -0.4 is 14.8 Å². The van der Waals surface area contributed by atoms with Crippen molar-refractivity contribution in [1.82, 2.24) is 10.3 Å². The lowest BCUT2D eigenvalue weighted by atomic mass is 10.2. The minimum atomic E-state index is -3.86. The molecule has 32 heavy (non-hydrogen) atoms. The first-order valence-electron chi connectivity index (χ1n) is 10.2. The zero-order valence-corrected chi connectivity index (χ0v) is 18.4. The van der Waals surface area contributed by atoms with Crippen LogP contribution in [0.1, 0.15) is 36.5 Å². The molecular formula is C23H24FN3O4S. The molecule has 2 N–H and O–H groups in total. The molecule has 0 bridgehead atoms. The van der Waals surface area contributed by atoms with Gasteiger partial charge in [-0.1, -0.05) is 19.8 Å². The number of hydrogen-bond donors (Lipinski definition) is 2. The molecule has 0 fully saturated rings. The fourth-order valence-corrected chi connectivity index (χ4v) is 3.91. The number of nitrogens with one attached hydrogen (secondary N) is 2. The highest BCUT2D eigenvalue weighted by Gasteiger charge is 2.16. The van der Waals surface area contributed by atoms with Crippen LogP contribution in [0.5, 0.6) is 11.6 Å². The highest BCUT2D eigenvalue weighted by Crippen LogP contribution is 2.25. The third-order valence-electron chi connectivity index (χ3n) is 4.53. The fraction of sp³-hybridized carbons (Fsp3) is 0.217. The van der Waals surface area contributed by atoms with Gasteiger partial charge in [-0.25, -0.2) is 17.8 Å². The van der Waals surface area contributed by atoms with E-state index in [0.29, 0.717) is 23.5 Å². The smallest absolute Gasteiger partial charge is 0.261 e. The summed E-state index contributed by atoms with van der Waals surface area (Å²) >= 11 is 0. The van der Waals surface area contributed by atoms with E-state index in [0.717, 1.165) is 31.4 Å². The molecular weight excluding hydrogens is 433 g/mol. The summed E-state index contributed by atoms with van der Waals surface area (Å²) in [6.07, 6.45) is 4.52. The Morgan fingerprint density at radius 3 is 2.44 bits per heavy atom. The van der Waals surface area contributed by atoms with Gasteiger partial charge in [-0.2, -0.15) is 0 Å². The molecule has 7 nitrogen and oxygen atoms in total. The van der Waals surface area contributed by atoms with E-state index in [1.165, 1.54) is 30.5 Å². The van der Waals surface area contributed by atoms with Crippen LogP contribution in [-0.4, -0.2) is 25.9 Å². The number of aromatic nitrogens is 1. The van der Waals surface area contributed by atoms with E-state index in [2.05, 4.69) is 21.9 Å². The fourth-order valence-electron chi connectivity index (χ4n) is 2.85. The van der Waals surface area contributed by atoms with E-state index in [9.17, 15) is 17.6 Å². The van der Waals surface area contributed by atoms with Crippen molar-refractivity contribution in [2.75, 3.05) is 11.3 Å². The number of carbonyl (C=O) groups excluding carboxylic acids is 1. The lowest BCUT2D eigenvalue weighted by Gasteiger charge is -2.11. The predicted octanol–water partition coefficient (Wildman–Crippen LogP) is 4.73. The number of pyridine rings is 1. The molecule has 3 rings (SSSR count). The second-order valence-electron chi connectivity index (χ2n) is 7.00. The van der Waals surface area contributed by atoms with E-state index in [1.807, 2.05) is 0 Å². The number of carbonyl (C=O) groups is 1. The molecule has 0 spiro atoms. The maximum Gasteiger partial charge on any atom is 0.261 e. The van der Waals surface area contributed by atoms with Crippen LogP contribution in [0.3, 0.4) is 0 Å². The predicted molar refractivity (Wildman–Crippen MR) is 120 cm³/mol. The monoisotopic (exact) mass is 457 g/mol. The molecule has 0 aliphatic heterocycles. The molecule has 1 aromatic heterocycles. The summed E-state index contributed by atoms with van der Waals surface area (Å²) in [5, 5.41) is 2.85. The molecule has 0 unspecified atom stereocenters. The number of hydrogen-bond acceptors (Lipinski definition) is 5. The molecule has 1 amide bonds. The Balaban J connectivity index is 1.67. The number of ether oxygens (including phenoxy) is 1. The molecule has 0 aliphatic rings. The standard InChI is InChI=1S/C23H24FN3O4S/c1-2-3-4-15-25-22(28)21-6-5-16-26-23(21)31-19-11-9-18(10-12-19)27-32(29,30)20-13-7-17(24)8-14-20/h5-14,16,27H,2-4,15H2,1H3,(H,25,28). The summed E-state index contributed by atoms with van der Waals surface area (Å²) < 4.78 is 46.0. The Morgan fingerprint density at radius 2 is 1.75 bits per heavy atom. The topological polar surface area (TPSA) is 97.4 Å². The van der Waals surface area contributed by atoms with Crippen molar-refractivity contribution < 1.29 is 22.3 Å². The van der Waals surface area contributed by atoms with Gasteiger partial charge in [-0.05, 0) is 67.1 Å². The summed E-state index contributed by atoms with van der Waals surface area (Å²) in [4.78, 5) is 16.5. The summed E-state index contributed by atoms with van der Waals surface area (Å²) in [6, 6.07) is 14.0. The summed E-state index contributed by atoms with van der Waals surface area (Å²) in [6.45, 7) is 2.66. The number of sulfonamides is 1. The lowest BCUT2D eigenvalue weighted by Crippen LogP contribution is -2.25. The van der Waals surface area contributed by atoms with Crippen molar-refractivity contribution >= 4 is 21.6 Å². The van der Waals surface area contributed by atoms with Gasteiger partial charge in [-0.15, -0.1) is 0 Å². The molecule has 0 saturated carbocycles. The normalized spacial score (nSPS) is 11.1. The largest absolute Gasteiger partial charge is 0.438 e. The highest BCUT2D eigenvalue weighted by molar-refractivity contribution is 7.92. The molecule has 2 aromatic carbocycles. The van der Waals surface area contributed by atoms with Crippen LogP contribution in [0.2, 0.25) is 0 Å². The number of benzene rings is 2. The quantitative estimate of drug-likeness (QED) is 0.429. The van der Waals surface area contributed by atoms with Gasteiger partial charge < -0.3 is 10.1 Å². The Labute approximate surface area is 186 Å². The first-order valence-corrected chi connectivity index (χ1v) is 11.7. The molecule has 168 valence electrons.